The maximum Gasteiger partial charge on any atom is 0.214 e. The van der Waals surface area contributed by atoms with Gasteiger partial charge in [0.2, 0.25) is 20.0 Å². The normalized spacial score (nSPS) is 15.5. The number of ether oxygens (including phenoxy) is 10. The number of hydrogen-bond donors (Lipinski definition) is 0. The Labute approximate surface area is 374 Å². The molecule has 20 heteroatoms. The van der Waals surface area contributed by atoms with Crippen molar-refractivity contribution in [3.8, 4) is 11.1 Å². The Kier molecular flexibility index (Phi) is 26.6. The van der Waals surface area contributed by atoms with Crippen LogP contribution in [-0.2, 0) is 67.4 Å². The van der Waals surface area contributed by atoms with Crippen LogP contribution >= 0.6 is 31.9 Å². The molecule has 2 aromatic carbocycles. The molecule has 2 unspecified atom stereocenters. The minimum Gasteiger partial charge on any atom is -0.382 e. The number of halogens is 2. The van der Waals surface area contributed by atoms with Crippen LogP contribution in [0.2, 0.25) is 0 Å². The average Bonchev–Trinajstić information content (AvgIpc) is 3.22. The lowest BCUT2D eigenvalue weighted by molar-refractivity contribution is -0.0789. The van der Waals surface area contributed by atoms with Crippen LogP contribution in [0.1, 0.15) is 36.2 Å². The zero-order valence-electron chi connectivity index (χ0n) is 35.4. The van der Waals surface area contributed by atoms with E-state index in [1.54, 1.807) is 28.4 Å². The number of sulfonamides is 2. The molecule has 0 fully saturated rings. The molecule has 0 saturated heterocycles. The van der Waals surface area contributed by atoms with Crippen molar-refractivity contribution in [2.75, 3.05) is 159 Å². The molecule has 0 heterocycles. The lowest BCUT2D eigenvalue weighted by Crippen LogP contribution is -2.38. The molecule has 344 valence electrons. The summed E-state index contributed by atoms with van der Waals surface area (Å²) < 4.78 is 115. The fourth-order valence-corrected chi connectivity index (χ4v) is 9.94. The van der Waals surface area contributed by atoms with E-state index in [1.807, 2.05) is 36.4 Å². The third kappa shape index (κ3) is 18.9. The molecule has 0 amide bonds. The topological polar surface area (TPSA) is 167 Å². The maximum absolute atomic E-state index is 13.6. The van der Waals surface area contributed by atoms with Crippen molar-refractivity contribution >= 4 is 51.9 Å². The van der Waals surface area contributed by atoms with Gasteiger partial charge in [-0.25, -0.2) is 16.8 Å². The van der Waals surface area contributed by atoms with E-state index < -0.39 is 32.3 Å². The molecule has 0 aromatic heterocycles. The minimum atomic E-state index is -3.71. The highest BCUT2D eigenvalue weighted by molar-refractivity contribution is 9.10. The van der Waals surface area contributed by atoms with Gasteiger partial charge in [0.15, 0.2) is 0 Å². The predicted molar refractivity (Wildman–Crippen MR) is 235 cm³/mol. The van der Waals surface area contributed by atoms with Crippen LogP contribution in [0.3, 0.4) is 0 Å². The van der Waals surface area contributed by atoms with Gasteiger partial charge in [-0.3, -0.25) is 0 Å². The molecule has 16 nitrogen and oxygen atoms in total. The molecular weight excluding hydrogens is 956 g/mol. The van der Waals surface area contributed by atoms with Crippen molar-refractivity contribution in [3.63, 3.8) is 0 Å². The zero-order chi connectivity index (χ0) is 43.6. The maximum atomic E-state index is 13.6. The van der Waals surface area contributed by atoms with Crippen LogP contribution < -0.4 is 0 Å². The first-order chi connectivity index (χ1) is 29.0. The minimum absolute atomic E-state index is 0.115. The summed E-state index contributed by atoms with van der Waals surface area (Å²) in [5.41, 5.74) is 3.67. The molecule has 1 aliphatic carbocycles. The van der Waals surface area contributed by atoms with E-state index in [2.05, 4.69) is 31.9 Å². The molecule has 0 saturated carbocycles. The lowest BCUT2D eigenvalue weighted by atomic mass is 9.82. The third-order valence-electron chi connectivity index (χ3n) is 9.35. The summed E-state index contributed by atoms with van der Waals surface area (Å²) in [5, 5.41) is 0. The van der Waals surface area contributed by atoms with Crippen molar-refractivity contribution in [2.24, 2.45) is 0 Å². The van der Waals surface area contributed by atoms with Crippen molar-refractivity contribution in [2.45, 2.75) is 25.0 Å². The molecule has 2 aromatic rings. The SMILES string of the molecule is COCCOCCN(CCOCCOC)S(=O)(=O)CCCOC1c2cc(Br)ccc2-c2ccc(Br)cc2C1OCCCS(=O)(=O)N(CCOCCOC)CCOCCOC. The summed E-state index contributed by atoms with van der Waals surface area (Å²) in [6.45, 7) is 4.83. The number of nitrogens with zero attached hydrogens (tertiary/aromatic N) is 2. The molecule has 0 radical (unpaired) electrons. The Morgan fingerprint density at radius 1 is 0.467 bits per heavy atom. The number of benzene rings is 2. The van der Waals surface area contributed by atoms with Gasteiger partial charge in [0, 0.05) is 76.8 Å². The van der Waals surface area contributed by atoms with Crippen LogP contribution in [0.4, 0.5) is 0 Å². The average molecular weight is 1020 g/mol. The molecule has 0 N–H and O–H groups in total. The smallest absolute Gasteiger partial charge is 0.214 e. The van der Waals surface area contributed by atoms with E-state index in [1.165, 1.54) is 8.61 Å². The van der Waals surface area contributed by atoms with Crippen molar-refractivity contribution < 1.29 is 64.2 Å². The first-order valence-corrected chi connectivity index (χ1v) is 24.8. The Bertz CT molecular complexity index is 1560. The number of hydrogen-bond acceptors (Lipinski definition) is 14. The van der Waals surface area contributed by atoms with E-state index in [0.29, 0.717) is 52.9 Å². The van der Waals surface area contributed by atoms with Gasteiger partial charge in [0.25, 0.3) is 0 Å². The van der Waals surface area contributed by atoms with Crippen LogP contribution in [0.25, 0.3) is 11.1 Å². The zero-order valence-corrected chi connectivity index (χ0v) is 40.2. The predicted octanol–water partition coefficient (Wildman–Crippen LogP) is 4.70. The first-order valence-electron chi connectivity index (χ1n) is 20.0. The van der Waals surface area contributed by atoms with E-state index in [-0.39, 0.29) is 90.2 Å². The number of fused-ring (bicyclic) bond motifs is 3. The van der Waals surface area contributed by atoms with Crippen LogP contribution in [0.15, 0.2) is 45.3 Å². The molecule has 3 rings (SSSR count). The Balaban J connectivity index is 1.73. The summed E-state index contributed by atoms with van der Waals surface area (Å²) in [6, 6.07) is 11.9. The van der Waals surface area contributed by atoms with Gasteiger partial charge in [0.05, 0.1) is 90.8 Å². The molecule has 0 spiro atoms. The third-order valence-corrected chi connectivity index (χ3v) is 14.2. The fourth-order valence-electron chi connectivity index (χ4n) is 6.29. The molecule has 0 bridgehead atoms. The van der Waals surface area contributed by atoms with E-state index in [4.69, 9.17) is 47.4 Å². The highest BCUT2D eigenvalue weighted by Gasteiger charge is 2.36. The lowest BCUT2D eigenvalue weighted by Gasteiger charge is -2.36. The summed E-state index contributed by atoms with van der Waals surface area (Å²) in [4.78, 5) is 0. The van der Waals surface area contributed by atoms with Crippen molar-refractivity contribution in [3.05, 3.63) is 56.5 Å². The van der Waals surface area contributed by atoms with Crippen molar-refractivity contribution in [1.82, 2.24) is 8.61 Å². The van der Waals surface area contributed by atoms with Gasteiger partial charge in [0.1, 0.15) is 12.2 Å². The quantitative estimate of drug-likeness (QED) is 0.0862. The van der Waals surface area contributed by atoms with E-state index >= 15 is 0 Å². The second kappa shape index (κ2) is 30.0. The van der Waals surface area contributed by atoms with Crippen LogP contribution in [0.5, 0.6) is 0 Å². The second-order valence-corrected chi connectivity index (χ2v) is 19.6. The highest BCUT2D eigenvalue weighted by Crippen LogP contribution is 2.49. The van der Waals surface area contributed by atoms with E-state index in [9.17, 15) is 16.8 Å². The van der Waals surface area contributed by atoms with E-state index in [0.717, 1.165) is 31.2 Å². The Morgan fingerprint density at radius 2 is 0.783 bits per heavy atom. The molecule has 2 atom stereocenters. The summed E-state index contributed by atoms with van der Waals surface area (Å²) in [7, 11) is -1.11. The van der Waals surface area contributed by atoms with Gasteiger partial charge >= 0.3 is 0 Å². The molecule has 60 heavy (non-hydrogen) atoms. The summed E-state index contributed by atoms with van der Waals surface area (Å²) in [6.07, 6.45) is -0.819. The highest BCUT2D eigenvalue weighted by atomic mass is 79.9. The monoisotopic (exact) mass is 1020 g/mol. The van der Waals surface area contributed by atoms with Crippen molar-refractivity contribution in [1.29, 1.82) is 0 Å². The van der Waals surface area contributed by atoms with Gasteiger partial charge in [-0.05, 0) is 59.4 Å². The van der Waals surface area contributed by atoms with Crippen LogP contribution in [0, 0.1) is 0 Å². The molecule has 1 aliphatic rings. The molecule has 0 aliphatic heterocycles. The first kappa shape index (κ1) is 53.2. The van der Waals surface area contributed by atoms with Crippen LogP contribution in [-0.4, -0.2) is 184 Å². The van der Waals surface area contributed by atoms with Gasteiger partial charge in [-0.2, -0.15) is 8.61 Å². The molecular formula is C40H64Br2N2O14S2. The summed E-state index contributed by atoms with van der Waals surface area (Å²) in [5.74, 6) is -0.309. The Morgan fingerprint density at radius 3 is 1.08 bits per heavy atom. The second-order valence-electron chi connectivity index (χ2n) is 13.6. The van der Waals surface area contributed by atoms with Gasteiger partial charge in [-0.15, -0.1) is 0 Å². The number of rotatable bonds is 36. The number of methoxy groups -OCH3 is 4. The van der Waals surface area contributed by atoms with Gasteiger partial charge in [-0.1, -0.05) is 44.0 Å². The standard InChI is InChI=1S/C40H64Br2N2O14S2/c1-49-21-25-53-17-11-43(12-18-54-26-22-50-2)59(45,46)29-5-15-57-39-37-31-33(41)7-9-35(37)36-10-8-34(42)32-38(36)40(39)58-16-6-30-60(47,48)44(13-19-55-27-23-51-3)14-20-56-28-24-52-4/h7-10,31-32,39-40H,5-6,11-30H2,1-4H3. The fraction of sp³-hybridized carbons (Fsp3) is 0.700. The largest absolute Gasteiger partial charge is 0.382 e. The Hall–Kier alpha value is -1.18. The van der Waals surface area contributed by atoms with Gasteiger partial charge < -0.3 is 47.4 Å². The summed E-state index contributed by atoms with van der Waals surface area (Å²) >= 11 is 7.23.